The lowest BCUT2D eigenvalue weighted by molar-refractivity contribution is -0.146. The number of halogens is 1. The Morgan fingerprint density at radius 3 is 2.18 bits per heavy atom. The van der Waals surface area contributed by atoms with Gasteiger partial charge in [-0.15, -0.1) is 0 Å². The standard InChI is InChI=1S/C40H33ClN2O6/c1-3-48-37(45)32-33(35(44)27-16-9-6-10-17-27)40(36-29-18-12-11-15-26(29)21-22-42(36)34(32)38(46)49-4-2)30-23-28(41)19-20-31(30)43(39(40)47)24-25-13-7-5-8-14-25/h5-23,33,36H,3-4,24H2,1-2H3/t33?,36-,40-/m1/s1. The molecule has 4 aromatic rings. The Morgan fingerprint density at radius 2 is 1.47 bits per heavy atom. The second kappa shape index (κ2) is 12.9. The van der Waals surface area contributed by atoms with Crippen molar-refractivity contribution in [2.24, 2.45) is 5.92 Å². The van der Waals surface area contributed by atoms with Crippen molar-refractivity contribution in [2.45, 2.75) is 31.8 Å². The lowest BCUT2D eigenvalue weighted by Crippen LogP contribution is -2.61. The van der Waals surface area contributed by atoms with Crippen LogP contribution in [0.1, 0.15) is 52.5 Å². The molecule has 8 nitrogen and oxygen atoms in total. The van der Waals surface area contributed by atoms with E-state index in [-0.39, 0.29) is 36.6 Å². The average Bonchev–Trinajstić information content (AvgIpc) is 3.34. The highest BCUT2D eigenvalue weighted by Crippen LogP contribution is 2.63. The number of esters is 2. The lowest BCUT2D eigenvalue weighted by atomic mass is 9.56. The summed E-state index contributed by atoms with van der Waals surface area (Å²) in [4.78, 5) is 62.8. The number of fused-ring (bicyclic) bond motifs is 6. The van der Waals surface area contributed by atoms with Crippen molar-refractivity contribution in [2.75, 3.05) is 18.1 Å². The van der Waals surface area contributed by atoms with Crippen LogP contribution < -0.4 is 4.90 Å². The molecular formula is C40H33ClN2O6. The van der Waals surface area contributed by atoms with Gasteiger partial charge in [0.2, 0.25) is 5.91 Å². The third-order valence-corrected chi connectivity index (χ3v) is 9.67. The number of carbonyl (C=O) groups is 4. The van der Waals surface area contributed by atoms with Gasteiger partial charge in [0.25, 0.3) is 0 Å². The number of benzene rings is 4. The minimum absolute atomic E-state index is 0.0158. The molecule has 0 saturated carbocycles. The minimum Gasteiger partial charge on any atom is -0.463 e. The van der Waals surface area contributed by atoms with Gasteiger partial charge in [0.1, 0.15) is 11.1 Å². The van der Waals surface area contributed by atoms with Crippen molar-refractivity contribution in [3.8, 4) is 0 Å². The van der Waals surface area contributed by atoms with E-state index in [9.17, 15) is 9.59 Å². The number of ketones is 1. The molecule has 0 N–H and O–H groups in total. The zero-order valence-corrected chi connectivity index (χ0v) is 27.7. The van der Waals surface area contributed by atoms with Crippen LogP contribution in [0.3, 0.4) is 0 Å². The number of amides is 1. The molecule has 3 atom stereocenters. The van der Waals surface area contributed by atoms with Crippen LogP contribution in [0, 0.1) is 5.92 Å². The third kappa shape index (κ3) is 5.06. The molecular weight excluding hydrogens is 640 g/mol. The van der Waals surface area contributed by atoms with Gasteiger partial charge in [-0.05, 0) is 60.4 Å². The van der Waals surface area contributed by atoms with Crippen molar-refractivity contribution in [3.63, 3.8) is 0 Å². The summed E-state index contributed by atoms with van der Waals surface area (Å²) in [5.74, 6) is -4.13. The summed E-state index contributed by atoms with van der Waals surface area (Å²) in [6, 6.07) is 29.8. The molecule has 0 fully saturated rings. The Labute approximate surface area is 289 Å². The maximum atomic E-state index is 15.8. The Hall–Kier alpha value is -5.47. The van der Waals surface area contributed by atoms with E-state index < -0.39 is 41.0 Å². The van der Waals surface area contributed by atoms with Crippen molar-refractivity contribution in [1.82, 2.24) is 4.90 Å². The normalized spacial score (nSPS) is 20.5. The summed E-state index contributed by atoms with van der Waals surface area (Å²) >= 11 is 6.75. The van der Waals surface area contributed by atoms with E-state index in [0.717, 1.165) is 11.1 Å². The molecule has 0 aromatic heterocycles. The van der Waals surface area contributed by atoms with Crippen molar-refractivity contribution < 1.29 is 28.7 Å². The fourth-order valence-corrected chi connectivity index (χ4v) is 7.74. The van der Waals surface area contributed by atoms with E-state index in [1.165, 1.54) is 0 Å². The summed E-state index contributed by atoms with van der Waals surface area (Å²) in [6.45, 7) is 3.48. The first-order valence-electron chi connectivity index (χ1n) is 16.2. The van der Waals surface area contributed by atoms with Crippen LogP contribution in [0.25, 0.3) is 6.08 Å². The largest absolute Gasteiger partial charge is 0.463 e. The first kappa shape index (κ1) is 32.1. The van der Waals surface area contributed by atoms with Crippen LogP contribution in [0.5, 0.6) is 0 Å². The molecule has 1 amide bonds. The fraction of sp³-hybridized carbons (Fsp3) is 0.200. The van der Waals surface area contributed by atoms with Gasteiger partial charge >= 0.3 is 11.9 Å². The maximum Gasteiger partial charge on any atom is 0.355 e. The number of hydrogen-bond donors (Lipinski definition) is 0. The quantitative estimate of drug-likeness (QED) is 0.146. The fourth-order valence-electron chi connectivity index (χ4n) is 7.57. The first-order valence-corrected chi connectivity index (χ1v) is 16.6. The van der Waals surface area contributed by atoms with Gasteiger partial charge in [0.15, 0.2) is 5.78 Å². The van der Waals surface area contributed by atoms with Gasteiger partial charge in [-0.1, -0.05) is 96.5 Å². The second-order valence-corrected chi connectivity index (χ2v) is 12.5. The number of nitrogens with zero attached hydrogens (tertiary/aromatic N) is 2. The number of anilines is 1. The van der Waals surface area contributed by atoms with Gasteiger partial charge < -0.3 is 19.3 Å². The Kier molecular flexibility index (Phi) is 8.42. The molecule has 3 heterocycles. The topological polar surface area (TPSA) is 93.2 Å². The molecule has 1 spiro atoms. The highest BCUT2D eigenvalue weighted by molar-refractivity contribution is 6.31. The van der Waals surface area contributed by atoms with Crippen molar-refractivity contribution in [3.05, 3.63) is 153 Å². The van der Waals surface area contributed by atoms with E-state index in [4.69, 9.17) is 21.1 Å². The Balaban J connectivity index is 1.63. The van der Waals surface area contributed by atoms with Crippen LogP contribution in [0.4, 0.5) is 5.69 Å². The summed E-state index contributed by atoms with van der Waals surface area (Å²) in [6.07, 6.45) is 3.50. The SMILES string of the molecule is CCOC(=O)C1=C(C(=O)OCC)N2C=Cc3ccccc3[C@@H]2[C@]2(C(=O)N(Cc3ccccc3)c3ccc(Cl)cc32)C1C(=O)c1ccccc1. The highest BCUT2D eigenvalue weighted by atomic mass is 35.5. The van der Waals surface area contributed by atoms with E-state index in [0.29, 0.717) is 21.8 Å². The molecule has 49 heavy (non-hydrogen) atoms. The number of rotatable bonds is 8. The minimum atomic E-state index is -1.79. The molecule has 246 valence electrons. The van der Waals surface area contributed by atoms with E-state index in [2.05, 4.69) is 0 Å². The van der Waals surface area contributed by atoms with Crippen LogP contribution in [-0.2, 0) is 35.8 Å². The van der Waals surface area contributed by atoms with Gasteiger partial charge in [-0.2, -0.15) is 0 Å². The van der Waals surface area contributed by atoms with E-state index in [1.54, 1.807) is 78.4 Å². The second-order valence-electron chi connectivity index (χ2n) is 12.0. The molecule has 0 bridgehead atoms. The monoisotopic (exact) mass is 672 g/mol. The zero-order chi connectivity index (χ0) is 34.3. The zero-order valence-electron chi connectivity index (χ0n) is 27.0. The average molecular weight is 673 g/mol. The first-order chi connectivity index (χ1) is 23.8. The molecule has 0 radical (unpaired) electrons. The summed E-state index contributed by atoms with van der Waals surface area (Å²) in [5.41, 5.74) is 1.48. The molecule has 3 aliphatic heterocycles. The van der Waals surface area contributed by atoms with Crippen LogP contribution >= 0.6 is 11.6 Å². The van der Waals surface area contributed by atoms with E-state index in [1.807, 2.05) is 60.7 Å². The van der Waals surface area contributed by atoms with Gasteiger partial charge in [0.05, 0.1) is 37.3 Å². The molecule has 3 aliphatic rings. The molecule has 9 heteroatoms. The lowest BCUT2D eigenvalue weighted by Gasteiger charge is -2.52. The van der Waals surface area contributed by atoms with Gasteiger partial charge in [0, 0.05) is 22.5 Å². The predicted molar refractivity (Wildman–Crippen MR) is 185 cm³/mol. The summed E-state index contributed by atoms with van der Waals surface area (Å²) in [7, 11) is 0. The van der Waals surface area contributed by atoms with Gasteiger partial charge in [-0.3, -0.25) is 9.59 Å². The van der Waals surface area contributed by atoms with Gasteiger partial charge in [-0.25, -0.2) is 9.59 Å². The highest BCUT2D eigenvalue weighted by Gasteiger charge is 2.69. The van der Waals surface area contributed by atoms with Crippen LogP contribution in [0.2, 0.25) is 5.02 Å². The number of hydrogen-bond acceptors (Lipinski definition) is 7. The van der Waals surface area contributed by atoms with Crippen molar-refractivity contribution in [1.29, 1.82) is 0 Å². The van der Waals surface area contributed by atoms with Crippen LogP contribution in [0.15, 0.2) is 121 Å². The third-order valence-electron chi connectivity index (χ3n) is 9.43. The van der Waals surface area contributed by atoms with Crippen molar-refractivity contribution >= 4 is 47.0 Å². The Bertz CT molecular complexity index is 2040. The number of Topliss-reactive ketones (excluding diaryl/α,β-unsaturated/α-hetero) is 1. The predicted octanol–water partition coefficient (Wildman–Crippen LogP) is 7.05. The summed E-state index contributed by atoms with van der Waals surface area (Å²) in [5, 5.41) is 0.349. The van der Waals surface area contributed by atoms with Crippen LogP contribution in [-0.4, -0.2) is 41.7 Å². The number of ether oxygens (including phenoxy) is 2. The maximum absolute atomic E-state index is 15.8. The number of carbonyl (C=O) groups excluding carboxylic acids is 4. The molecule has 0 saturated heterocycles. The molecule has 1 unspecified atom stereocenters. The Morgan fingerprint density at radius 1 is 0.816 bits per heavy atom. The molecule has 0 aliphatic carbocycles. The molecule has 4 aromatic carbocycles. The summed E-state index contributed by atoms with van der Waals surface area (Å²) < 4.78 is 11.2. The molecule has 7 rings (SSSR count). The smallest absolute Gasteiger partial charge is 0.355 e. The van der Waals surface area contributed by atoms with E-state index >= 15 is 9.59 Å².